The van der Waals surface area contributed by atoms with E-state index in [1.54, 1.807) is 35.0 Å². The molecule has 0 aliphatic carbocycles. The molecule has 2 N–H and O–H groups in total. The molecule has 7 heteroatoms. The summed E-state index contributed by atoms with van der Waals surface area (Å²) in [4.78, 5) is 29.8. The molecule has 128 valence electrons. The van der Waals surface area contributed by atoms with E-state index in [9.17, 15) is 9.59 Å². The highest BCUT2D eigenvalue weighted by Crippen LogP contribution is 2.10. The van der Waals surface area contributed by atoms with Crippen molar-refractivity contribution in [2.24, 2.45) is 0 Å². The van der Waals surface area contributed by atoms with Gasteiger partial charge in [0.15, 0.2) is 0 Å². The highest BCUT2D eigenvalue weighted by molar-refractivity contribution is 5.96. The normalized spacial score (nSPS) is 10.9. The van der Waals surface area contributed by atoms with Crippen LogP contribution in [0.4, 0.5) is 0 Å². The lowest BCUT2D eigenvalue weighted by atomic mass is 10.2. The van der Waals surface area contributed by atoms with Crippen LogP contribution >= 0.6 is 0 Å². The zero-order chi connectivity index (χ0) is 18.0. The summed E-state index contributed by atoms with van der Waals surface area (Å²) >= 11 is 0. The van der Waals surface area contributed by atoms with Gasteiger partial charge < -0.3 is 9.88 Å². The van der Waals surface area contributed by atoms with E-state index in [0.29, 0.717) is 29.8 Å². The van der Waals surface area contributed by atoms with Gasteiger partial charge in [-0.25, -0.2) is 4.98 Å². The number of hydrogen-bond donors (Lipinski definition) is 2. The lowest BCUT2D eigenvalue weighted by Crippen LogP contribution is -2.35. The monoisotopic (exact) mass is 337 g/mol. The Bertz CT molecular complexity index is 1090. The molecule has 0 aromatic carbocycles. The molecule has 3 aromatic rings. The van der Waals surface area contributed by atoms with Gasteiger partial charge in [-0.2, -0.15) is 0 Å². The second-order valence-electron chi connectivity index (χ2n) is 5.64. The van der Waals surface area contributed by atoms with E-state index < -0.39 is 5.91 Å². The summed E-state index contributed by atoms with van der Waals surface area (Å²) in [5.74, 6) is -0.408. The maximum atomic E-state index is 12.8. The number of fused-ring (bicyclic) bond motifs is 2. The van der Waals surface area contributed by atoms with E-state index >= 15 is 0 Å². The number of carbonyl (C=O) groups excluding carboxylic acids is 1. The van der Waals surface area contributed by atoms with Crippen LogP contribution in [0.25, 0.3) is 16.7 Å². The molecule has 7 nitrogen and oxygen atoms in total. The number of nitrogens with zero attached hydrogens (tertiary/aromatic N) is 3. The molecule has 0 aliphatic heterocycles. The number of rotatable bonds is 5. The van der Waals surface area contributed by atoms with Gasteiger partial charge in [0.1, 0.15) is 16.8 Å². The van der Waals surface area contributed by atoms with Crippen LogP contribution in [-0.4, -0.2) is 26.4 Å². The van der Waals surface area contributed by atoms with Crippen molar-refractivity contribution in [3.63, 3.8) is 0 Å². The molecule has 25 heavy (non-hydrogen) atoms. The molecule has 0 saturated carbocycles. The highest BCUT2D eigenvalue weighted by atomic mass is 16.1. The fourth-order valence-electron chi connectivity index (χ4n) is 2.76. The Balaban J connectivity index is 2.39. The number of carbonyl (C=O) groups is 1. The quantitative estimate of drug-likeness (QED) is 0.545. The SMILES string of the molecule is C=CCNC(=O)c1cc2c(=O)n3ccccc3nc2n(CCC)c1=N. The van der Waals surface area contributed by atoms with Crippen LogP contribution in [0.3, 0.4) is 0 Å². The average Bonchev–Trinajstić information content (AvgIpc) is 2.62. The number of amides is 1. The van der Waals surface area contributed by atoms with Crippen LogP contribution in [0.1, 0.15) is 23.7 Å². The third-order valence-electron chi connectivity index (χ3n) is 3.92. The summed E-state index contributed by atoms with van der Waals surface area (Å²) in [6, 6.07) is 6.75. The summed E-state index contributed by atoms with van der Waals surface area (Å²) in [6.45, 7) is 6.32. The van der Waals surface area contributed by atoms with E-state index in [1.807, 2.05) is 6.92 Å². The molecule has 0 unspecified atom stereocenters. The van der Waals surface area contributed by atoms with E-state index in [4.69, 9.17) is 5.41 Å². The predicted octanol–water partition coefficient (Wildman–Crippen LogP) is 1.45. The van der Waals surface area contributed by atoms with Crippen molar-refractivity contribution in [2.75, 3.05) is 6.54 Å². The minimum Gasteiger partial charge on any atom is -0.348 e. The molecule has 0 radical (unpaired) electrons. The van der Waals surface area contributed by atoms with Gasteiger partial charge in [-0.1, -0.05) is 19.1 Å². The molecule has 0 atom stereocenters. The molecule has 3 aromatic heterocycles. The molecular formula is C18H19N5O2. The Labute approximate surface area is 143 Å². The first-order valence-electron chi connectivity index (χ1n) is 8.07. The summed E-state index contributed by atoms with van der Waals surface area (Å²) < 4.78 is 3.06. The first kappa shape index (κ1) is 16.6. The fourth-order valence-corrected chi connectivity index (χ4v) is 2.76. The van der Waals surface area contributed by atoms with Crippen molar-refractivity contribution in [1.82, 2.24) is 19.3 Å². The van der Waals surface area contributed by atoms with Crippen LogP contribution in [0.15, 0.2) is 47.9 Å². The summed E-state index contributed by atoms with van der Waals surface area (Å²) in [7, 11) is 0. The van der Waals surface area contributed by atoms with Crippen molar-refractivity contribution in [3.8, 4) is 0 Å². The van der Waals surface area contributed by atoms with Crippen molar-refractivity contribution >= 4 is 22.6 Å². The van der Waals surface area contributed by atoms with E-state index in [-0.39, 0.29) is 16.6 Å². The van der Waals surface area contributed by atoms with Crippen LogP contribution in [0, 0.1) is 5.41 Å². The first-order chi connectivity index (χ1) is 12.1. The first-order valence-corrected chi connectivity index (χ1v) is 8.07. The molecule has 3 rings (SSSR count). The van der Waals surface area contributed by atoms with Gasteiger partial charge in [0.2, 0.25) is 0 Å². The average molecular weight is 337 g/mol. The van der Waals surface area contributed by atoms with Gasteiger partial charge in [0.05, 0.1) is 10.9 Å². The largest absolute Gasteiger partial charge is 0.348 e. The third-order valence-corrected chi connectivity index (χ3v) is 3.92. The van der Waals surface area contributed by atoms with E-state index in [0.717, 1.165) is 6.42 Å². The molecule has 1 amide bonds. The summed E-state index contributed by atoms with van der Waals surface area (Å²) in [5, 5.41) is 11.4. The standard InChI is InChI=1S/C18H19N5O2/c1-3-8-20-17(24)12-11-13-16(23(9-4-2)15(12)19)21-14-7-5-6-10-22(14)18(13)25/h3,5-7,10-11,19H,1,4,8-9H2,2H3,(H,20,24). The highest BCUT2D eigenvalue weighted by Gasteiger charge is 2.16. The second kappa shape index (κ2) is 6.72. The lowest BCUT2D eigenvalue weighted by Gasteiger charge is -2.13. The molecule has 3 heterocycles. The zero-order valence-electron chi connectivity index (χ0n) is 14.0. The topological polar surface area (TPSA) is 92.2 Å². The van der Waals surface area contributed by atoms with Crippen LogP contribution < -0.4 is 16.4 Å². The van der Waals surface area contributed by atoms with Gasteiger partial charge in [-0.15, -0.1) is 6.58 Å². The van der Waals surface area contributed by atoms with Crippen LogP contribution in [0.2, 0.25) is 0 Å². The smallest absolute Gasteiger partial charge is 0.267 e. The Morgan fingerprint density at radius 2 is 2.24 bits per heavy atom. The number of nitrogens with one attached hydrogen (secondary N) is 2. The predicted molar refractivity (Wildman–Crippen MR) is 95.6 cm³/mol. The van der Waals surface area contributed by atoms with Gasteiger partial charge in [0.25, 0.3) is 11.5 Å². The number of aryl methyl sites for hydroxylation is 1. The Kier molecular flexibility index (Phi) is 4.47. The minimum atomic E-state index is -0.408. The van der Waals surface area contributed by atoms with Gasteiger partial charge in [-0.05, 0) is 24.6 Å². The zero-order valence-corrected chi connectivity index (χ0v) is 14.0. The number of hydrogen-bond acceptors (Lipinski definition) is 4. The second-order valence-corrected chi connectivity index (χ2v) is 5.64. The fraction of sp³-hybridized carbons (Fsp3) is 0.222. The number of pyridine rings is 2. The van der Waals surface area contributed by atoms with E-state index in [2.05, 4.69) is 16.9 Å². The molecule has 0 aliphatic rings. The van der Waals surface area contributed by atoms with Gasteiger partial charge in [-0.3, -0.25) is 19.4 Å². The van der Waals surface area contributed by atoms with Gasteiger partial charge >= 0.3 is 0 Å². The number of aromatic nitrogens is 3. The Hall–Kier alpha value is -3.22. The summed E-state index contributed by atoms with van der Waals surface area (Å²) in [6.07, 6.45) is 3.95. The minimum absolute atomic E-state index is 0.0445. The molecule has 0 saturated heterocycles. The van der Waals surface area contributed by atoms with E-state index in [1.165, 1.54) is 10.5 Å². The van der Waals surface area contributed by atoms with Crippen molar-refractivity contribution in [1.29, 1.82) is 5.41 Å². The molecule has 0 bridgehead atoms. The third kappa shape index (κ3) is 2.84. The summed E-state index contributed by atoms with van der Waals surface area (Å²) in [5.41, 5.74) is 0.861. The Morgan fingerprint density at radius 1 is 1.44 bits per heavy atom. The molecule has 0 spiro atoms. The van der Waals surface area contributed by atoms with Crippen molar-refractivity contribution in [2.45, 2.75) is 19.9 Å². The van der Waals surface area contributed by atoms with Crippen molar-refractivity contribution < 1.29 is 4.79 Å². The van der Waals surface area contributed by atoms with Crippen molar-refractivity contribution in [3.05, 3.63) is 64.5 Å². The Morgan fingerprint density at radius 3 is 2.96 bits per heavy atom. The molecular weight excluding hydrogens is 318 g/mol. The van der Waals surface area contributed by atoms with Crippen LogP contribution in [-0.2, 0) is 6.54 Å². The lowest BCUT2D eigenvalue weighted by molar-refractivity contribution is 0.0955. The maximum absolute atomic E-state index is 12.8. The molecule has 0 fully saturated rings. The maximum Gasteiger partial charge on any atom is 0.267 e. The van der Waals surface area contributed by atoms with Crippen LogP contribution in [0.5, 0.6) is 0 Å². The van der Waals surface area contributed by atoms with Gasteiger partial charge in [0, 0.05) is 19.3 Å².